The second-order valence-corrected chi connectivity index (χ2v) is 4.49. The molecule has 0 radical (unpaired) electrons. The Morgan fingerprint density at radius 2 is 2.24 bits per heavy atom. The third kappa shape index (κ3) is 5.65. The van der Waals surface area contributed by atoms with Gasteiger partial charge in [0.25, 0.3) is 0 Å². The van der Waals surface area contributed by atoms with Gasteiger partial charge < -0.3 is 10.2 Å². The fraction of sp³-hybridized carbons (Fsp3) is 0.462. The first-order valence-corrected chi connectivity index (χ1v) is 6.91. The van der Waals surface area contributed by atoms with Crippen LogP contribution in [0.15, 0.2) is 22.9 Å². The van der Waals surface area contributed by atoms with Gasteiger partial charge in [-0.25, -0.2) is 0 Å². The number of likely N-dealkylation sites (N-methyl/N-ethyl adjacent to an activating group) is 1. The summed E-state index contributed by atoms with van der Waals surface area (Å²) < 4.78 is 0. The monoisotopic (exact) mass is 252 g/mol. The first-order valence-electron chi connectivity index (χ1n) is 5.96. The molecule has 0 unspecified atom stereocenters. The number of hydrogen-bond donors (Lipinski definition) is 1. The Labute approximate surface area is 107 Å². The summed E-state index contributed by atoms with van der Waals surface area (Å²) in [4.78, 5) is 13.8. The minimum atomic E-state index is -0.0247. The number of carbonyl (C=O) groups is 1. The van der Waals surface area contributed by atoms with Crippen LogP contribution in [0.4, 0.5) is 0 Å². The average Bonchev–Trinajstić information content (AvgIpc) is 2.85. The molecule has 1 N–H and O–H groups in total. The topological polar surface area (TPSA) is 32.3 Å². The van der Waals surface area contributed by atoms with E-state index in [0.717, 1.165) is 25.2 Å². The van der Waals surface area contributed by atoms with Gasteiger partial charge in [-0.1, -0.05) is 13.8 Å². The van der Waals surface area contributed by atoms with Gasteiger partial charge in [0.05, 0.1) is 0 Å². The molecule has 1 aromatic rings. The highest BCUT2D eigenvalue weighted by Crippen LogP contribution is 2.07. The minimum absolute atomic E-state index is 0.0247. The molecule has 1 rings (SSSR count). The van der Waals surface area contributed by atoms with Crippen LogP contribution in [0.25, 0.3) is 6.08 Å². The van der Waals surface area contributed by atoms with Gasteiger partial charge in [0.2, 0.25) is 5.91 Å². The molecule has 0 fully saturated rings. The van der Waals surface area contributed by atoms with E-state index in [-0.39, 0.29) is 5.91 Å². The number of nitrogens with zero attached hydrogens (tertiary/aromatic N) is 1. The molecule has 0 bridgehead atoms. The largest absolute Gasteiger partial charge is 0.351 e. The van der Waals surface area contributed by atoms with E-state index < -0.39 is 0 Å². The van der Waals surface area contributed by atoms with Crippen molar-refractivity contribution < 1.29 is 4.79 Å². The van der Waals surface area contributed by atoms with E-state index in [1.807, 2.05) is 22.9 Å². The fourth-order valence-corrected chi connectivity index (χ4v) is 2.11. The number of nitrogens with one attached hydrogen (secondary N) is 1. The van der Waals surface area contributed by atoms with Crippen molar-refractivity contribution in [3.63, 3.8) is 0 Å². The van der Waals surface area contributed by atoms with Gasteiger partial charge in [-0.3, -0.25) is 4.79 Å². The van der Waals surface area contributed by atoms with Crippen LogP contribution in [-0.4, -0.2) is 37.0 Å². The quantitative estimate of drug-likeness (QED) is 0.755. The molecule has 0 aliphatic carbocycles. The van der Waals surface area contributed by atoms with Gasteiger partial charge in [0, 0.05) is 19.2 Å². The number of hydrogen-bond acceptors (Lipinski definition) is 3. The summed E-state index contributed by atoms with van der Waals surface area (Å²) in [6.45, 7) is 7.91. The Morgan fingerprint density at radius 3 is 2.82 bits per heavy atom. The highest BCUT2D eigenvalue weighted by molar-refractivity contribution is 7.08. The lowest BCUT2D eigenvalue weighted by molar-refractivity contribution is -0.116. The van der Waals surface area contributed by atoms with Crippen LogP contribution in [0.3, 0.4) is 0 Å². The standard InChI is InChI=1S/C13H20N2OS/c1-3-15(4-2)9-8-14-13(16)6-5-12-7-10-17-11-12/h5-7,10-11H,3-4,8-9H2,1-2H3,(H,14,16)/b6-5+. The van der Waals surface area contributed by atoms with E-state index in [0.29, 0.717) is 6.54 Å². The van der Waals surface area contributed by atoms with Crippen LogP contribution >= 0.6 is 11.3 Å². The maximum absolute atomic E-state index is 11.5. The van der Waals surface area contributed by atoms with Crippen molar-refractivity contribution in [1.82, 2.24) is 10.2 Å². The predicted molar refractivity (Wildman–Crippen MR) is 74.2 cm³/mol. The normalized spacial score (nSPS) is 11.2. The van der Waals surface area contributed by atoms with Crippen molar-refractivity contribution in [1.29, 1.82) is 0 Å². The Kier molecular flexibility index (Phi) is 6.58. The summed E-state index contributed by atoms with van der Waals surface area (Å²) in [7, 11) is 0. The van der Waals surface area contributed by atoms with Gasteiger partial charge >= 0.3 is 0 Å². The van der Waals surface area contributed by atoms with E-state index in [9.17, 15) is 4.79 Å². The molecule has 3 nitrogen and oxygen atoms in total. The third-order valence-corrected chi connectivity index (χ3v) is 3.29. The number of carbonyl (C=O) groups excluding carboxylic acids is 1. The van der Waals surface area contributed by atoms with Gasteiger partial charge in [0.1, 0.15) is 0 Å². The molecule has 0 aliphatic heterocycles. The Bertz CT molecular complexity index is 342. The van der Waals surface area contributed by atoms with Crippen molar-refractivity contribution in [2.75, 3.05) is 26.2 Å². The van der Waals surface area contributed by atoms with E-state index in [1.54, 1.807) is 17.4 Å². The summed E-state index contributed by atoms with van der Waals surface area (Å²) in [5, 5.41) is 6.89. The smallest absolute Gasteiger partial charge is 0.244 e. The molecule has 0 aromatic carbocycles. The van der Waals surface area contributed by atoms with Crippen molar-refractivity contribution in [2.24, 2.45) is 0 Å². The van der Waals surface area contributed by atoms with Crippen molar-refractivity contribution in [3.8, 4) is 0 Å². The molecule has 4 heteroatoms. The van der Waals surface area contributed by atoms with Gasteiger partial charge in [-0.2, -0.15) is 11.3 Å². The number of amides is 1. The lowest BCUT2D eigenvalue weighted by Gasteiger charge is -2.17. The Balaban J connectivity index is 2.21. The van der Waals surface area contributed by atoms with Crippen molar-refractivity contribution in [2.45, 2.75) is 13.8 Å². The fourth-order valence-electron chi connectivity index (χ4n) is 1.48. The molecular formula is C13H20N2OS. The zero-order valence-electron chi connectivity index (χ0n) is 10.5. The SMILES string of the molecule is CCN(CC)CCNC(=O)/C=C/c1ccsc1. The van der Waals surface area contributed by atoms with E-state index in [1.165, 1.54) is 0 Å². The maximum atomic E-state index is 11.5. The van der Waals surface area contributed by atoms with Gasteiger partial charge in [0.15, 0.2) is 0 Å². The zero-order chi connectivity index (χ0) is 12.5. The minimum Gasteiger partial charge on any atom is -0.351 e. The van der Waals surface area contributed by atoms with Crippen LogP contribution in [0.1, 0.15) is 19.4 Å². The second-order valence-electron chi connectivity index (χ2n) is 3.71. The molecule has 0 saturated carbocycles. The summed E-state index contributed by atoms with van der Waals surface area (Å²) in [5.74, 6) is -0.0247. The lowest BCUT2D eigenvalue weighted by atomic mass is 10.3. The van der Waals surface area contributed by atoms with Gasteiger partial charge in [-0.05, 0) is 41.6 Å². The number of rotatable bonds is 7. The van der Waals surface area contributed by atoms with E-state index >= 15 is 0 Å². The number of thiophene rings is 1. The third-order valence-electron chi connectivity index (χ3n) is 2.59. The molecule has 0 spiro atoms. The zero-order valence-corrected chi connectivity index (χ0v) is 11.3. The van der Waals surface area contributed by atoms with Crippen LogP contribution in [0, 0.1) is 0 Å². The molecule has 1 aromatic heterocycles. The molecule has 1 heterocycles. The maximum Gasteiger partial charge on any atom is 0.244 e. The highest BCUT2D eigenvalue weighted by Gasteiger charge is 1.99. The second kappa shape index (κ2) is 8.03. The molecule has 0 saturated heterocycles. The Morgan fingerprint density at radius 1 is 1.47 bits per heavy atom. The average molecular weight is 252 g/mol. The molecular weight excluding hydrogens is 232 g/mol. The molecule has 1 amide bonds. The summed E-state index contributed by atoms with van der Waals surface area (Å²) in [5.41, 5.74) is 1.08. The van der Waals surface area contributed by atoms with Crippen molar-refractivity contribution in [3.05, 3.63) is 28.5 Å². The van der Waals surface area contributed by atoms with Crippen molar-refractivity contribution >= 4 is 23.3 Å². The Hall–Kier alpha value is -1.13. The summed E-state index contributed by atoms with van der Waals surface area (Å²) in [6, 6.07) is 1.99. The molecule has 0 atom stereocenters. The van der Waals surface area contributed by atoms with E-state index in [2.05, 4.69) is 24.1 Å². The first kappa shape index (κ1) is 13.9. The highest BCUT2D eigenvalue weighted by atomic mass is 32.1. The van der Waals surface area contributed by atoms with Crippen LogP contribution in [-0.2, 0) is 4.79 Å². The summed E-state index contributed by atoms with van der Waals surface area (Å²) >= 11 is 1.63. The summed E-state index contributed by atoms with van der Waals surface area (Å²) in [6.07, 6.45) is 3.42. The molecule has 0 aliphatic rings. The van der Waals surface area contributed by atoms with Crippen LogP contribution < -0.4 is 5.32 Å². The molecule has 17 heavy (non-hydrogen) atoms. The lowest BCUT2D eigenvalue weighted by Crippen LogP contribution is -2.34. The van der Waals surface area contributed by atoms with Gasteiger partial charge in [-0.15, -0.1) is 0 Å². The van der Waals surface area contributed by atoms with Crippen LogP contribution in [0.5, 0.6) is 0 Å². The first-order chi connectivity index (χ1) is 8.26. The van der Waals surface area contributed by atoms with E-state index in [4.69, 9.17) is 0 Å². The van der Waals surface area contributed by atoms with Crippen LogP contribution in [0.2, 0.25) is 0 Å². The predicted octanol–water partition coefficient (Wildman–Crippen LogP) is 2.22. The molecule has 94 valence electrons.